The van der Waals surface area contributed by atoms with Crippen LogP contribution in [0.25, 0.3) is 0 Å². The van der Waals surface area contributed by atoms with Gasteiger partial charge in [0.1, 0.15) is 0 Å². The minimum Gasteiger partial charge on any atom is -0.399 e. The Bertz CT molecular complexity index is 492. The third-order valence-corrected chi connectivity index (χ3v) is 3.09. The average Bonchev–Trinajstić information content (AvgIpc) is 2.24. The smallest absolute Gasteiger partial charge is 0.260 e. The van der Waals surface area contributed by atoms with Crippen molar-refractivity contribution in [1.29, 1.82) is 0 Å². The van der Waals surface area contributed by atoms with Crippen LogP contribution in [0.4, 0.5) is 5.69 Å². The fourth-order valence-electron chi connectivity index (χ4n) is 2.09. The lowest BCUT2D eigenvalue weighted by Gasteiger charge is -2.35. The SMILES string of the molecule is CN1C(=O)c2cc(N)ccc2C(C)(C)C1=O. The molecule has 1 aliphatic heterocycles. The van der Waals surface area contributed by atoms with Crippen LogP contribution < -0.4 is 5.73 Å². The van der Waals surface area contributed by atoms with Crippen LogP contribution in [0.5, 0.6) is 0 Å². The van der Waals surface area contributed by atoms with E-state index in [4.69, 9.17) is 5.73 Å². The monoisotopic (exact) mass is 218 g/mol. The molecule has 0 radical (unpaired) electrons. The molecule has 1 aromatic rings. The van der Waals surface area contributed by atoms with E-state index in [2.05, 4.69) is 0 Å². The number of imide groups is 1. The standard InChI is InChI=1S/C12H14N2O2/c1-12(2)9-5-4-7(13)6-8(9)10(15)14(3)11(12)16/h4-6H,13H2,1-3H3. The van der Waals surface area contributed by atoms with Crippen LogP contribution in [0.1, 0.15) is 29.8 Å². The predicted molar refractivity (Wildman–Crippen MR) is 61.0 cm³/mol. The van der Waals surface area contributed by atoms with Crippen molar-refractivity contribution in [3.8, 4) is 0 Å². The van der Waals surface area contributed by atoms with Crippen LogP contribution in [0.15, 0.2) is 18.2 Å². The fourth-order valence-corrected chi connectivity index (χ4v) is 2.09. The Labute approximate surface area is 94.0 Å². The summed E-state index contributed by atoms with van der Waals surface area (Å²) in [6.45, 7) is 3.63. The van der Waals surface area contributed by atoms with Gasteiger partial charge < -0.3 is 5.73 Å². The van der Waals surface area contributed by atoms with Gasteiger partial charge in [-0.05, 0) is 31.5 Å². The molecule has 0 spiro atoms. The summed E-state index contributed by atoms with van der Waals surface area (Å²) in [4.78, 5) is 25.0. The number of carbonyl (C=O) groups excluding carboxylic acids is 2. The van der Waals surface area contributed by atoms with Gasteiger partial charge in [-0.15, -0.1) is 0 Å². The van der Waals surface area contributed by atoms with E-state index in [0.717, 1.165) is 10.5 Å². The molecule has 0 bridgehead atoms. The molecule has 1 aromatic carbocycles. The van der Waals surface area contributed by atoms with E-state index >= 15 is 0 Å². The zero-order chi connectivity index (χ0) is 12.1. The van der Waals surface area contributed by atoms with Crippen molar-refractivity contribution in [2.45, 2.75) is 19.3 Å². The van der Waals surface area contributed by atoms with Gasteiger partial charge in [-0.1, -0.05) is 6.07 Å². The van der Waals surface area contributed by atoms with Crippen molar-refractivity contribution in [2.24, 2.45) is 0 Å². The highest BCUT2D eigenvalue weighted by atomic mass is 16.2. The number of nitrogen functional groups attached to an aromatic ring is 1. The fraction of sp³-hybridized carbons (Fsp3) is 0.333. The molecule has 1 aliphatic rings. The summed E-state index contributed by atoms with van der Waals surface area (Å²) in [5.41, 5.74) is 6.78. The quantitative estimate of drug-likeness (QED) is 0.525. The highest BCUT2D eigenvalue weighted by molar-refractivity contribution is 6.13. The Morgan fingerprint density at radius 1 is 1.25 bits per heavy atom. The number of hydrogen-bond acceptors (Lipinski definition) is 3. The van der Waals surface area contributed by atoms with Gasteiger partial charge in [0, 0.05) is 18.3 Å². The molecule has 0 fully saturated rings. The Balaban J connectivity index is 2.73. The van der Waals surface area contributed by atoms with E-state index in [1.165, 1.54) is 7.05 Å². The van der Waals surface area contributed by atoms with Gasteiger partial charge in [0.25, 0.3) is 5.91 Å². The third kappa shape index (κ3) is 1.23. The molecule has 4 nitrogen and oxygen atoms in total. The summed E-state index contributed by atoms with van der Waals surface area (Å²) in [7, 11) is 1.50. The molecule has 0 unspecified atom stereocenters. The number of carbonyl (C=O) groups is 2. The summed E-state index contributed by atoms with van der Waals surface area (Å²) in [6, 6.07) is 5.10. The highest BCUT2D eigenvalue weighted by Crippen LogP contribution is 2.34. The van der Waals surface area contributed by atoms with Gasteiger partial charge in [-0.3, -0.25) is 14.5 Å². The summed E-state index contributed by atoms with van der Waals surface area (Å²) in [6.07, 6.45) is 0. The van der Waals surface area contributed by atoms with Crippen LogP contribution in [0, 0.1) is 0 Å². The lowest BCUT2D eigenvalue weighted by Crippen LogP contribution is -2.49. The number of nitrogens with zero attached hydrogens (tertiary/aromatic N) is 1. The van der Waals surface area contributed by atoms with Crippen molar-refractivity contribution in [2.75, 3.05) is 12.8 Å². The van der Waals surface area contributed by atoms with E-state index in [9.17, 15) is 9.59 Å². The maximum absolute atomic E-state index is 12.0. The molecular weight excluding hydrogens is 204 g/mol. The Morgan fingerprint density at radius 3 is 2.50 bits per heavy atom. The second-order valence-electron chi connectivity index (χ2n) is 4.60. The number of nitrogens with two attached hydrogens (primary N) is 1. The molecule has 0 saturated carbocycles. The number of fused-ring (bicyclic) bond motifs is 1. The maximum Gasteiger partial charge on any atom is 0.260 e. The van der Waals surface area contributed by atoms with Gasteiger partial charge in [0.05, 0.1) is 5.41 Å². The normalized spacial score (nSPS) is 18.6. The van der Waals surface area contributed by atoms with Crippen LogP contribution >= 0.6 is 0 Å². The molecule has 0 saturated heterocycles. The Kier molecular flexibility index (Phi) is 2.05. The lowest BCUT2D eigenvalue weighted by atomic mass is 9.77. The van der Waals surface area contributed by atoms with Gasteiger partial charge in [0.2, 0.25) is 5.91 Å². The van der Waals surface area contributed by atoms with Crippen LogP contribution in [0.3, 0.4) is 0 Å². The van der Waals surface area contributed by atoms with Crippen LogP contribution in [-0.4, -0.2) is 23.8 Å². The second kappa shape index (κ2) is 3.07. The van der Waals surface area contributed by atoms with Gasteiger partial charge >= 0.3 is 0 Å². The summed E-state index contributed by atoms with van der Waals surface area (Å²) < 4.78 is 0. The van der Waals surface area contributed by atoms with Gasteiger partial charge in [-0.2, -0.15) is 0 Å². The average molecular weight is 218 g/mol. The maximum atomic E-state index is 12.0. The summed E-state index contributed by atoms with van der Waals surface area (Å²) in [5.74, 6) is -0.471. The Morgan fingerprint density at radius 2 is 1.88 bits per heavy atom. The predicted octanol–water partition coefficient (Wildman–Crippen LogP) is 1.16. The van der Waals surface area contributed by atoms with Crippen molar-refractivity contribution in [3.05, 3.63) is 29.3 Å². The Hall–Kier alpha value is -1.84. The number of hydrogen-bond donors (Lipinski definition) is 1. The van der Waals surface area contributed by atoms with Crippen LogP contribution in [-0.2, 0) is 10.2 Å². The first-order chi connectivity index (χ1) is 7.35. The number of likely N-dealkylation sites (N-methyl/N-ethyl adjacent to an activating group) is 1. The molecule has 0 atom stereocenters. The van der Waals surface area contributed by atoms with Gasteiger partial charge in [-0.25, -0.2) is 0 Å². The summed E-state index contributed by atoms with van der Waals surface area (Å²) in [5, 5.41) is 0. The topological polar surface area (TPSA) is 63.4 Å². The highest BCUT2D eigenvalue weighted by Gasteiger charge is 2.42. The van der Waals surface area contributed by atoms with Crippen molar-refractivity contribution in [3.63, 3.8) is 0 Å². The van der Waals surface area contributed by atoms with E-state index in [1.807, 2.05) is 13.8 Å². The summed E-state index contributed by atoms with van der Waals surface area (Å²) >= 11 is 0. The minimum atomic E-state index is -0.675. The molecule has 84 valence electrons. The van der Waals surface area contributed by atoms with E-state index in [1.54, 1.807) is 18.2 Å². The molecule has 16 heavy (non-hydrogen) atoms. The molecule has 4 heteroatoms. The molecule has 1 heterocycles. The number of anilines is 1. The zero-order valence-electron chi connectivity index (χ0n) is 9.57. The van der Waals surface area contributed by atoms with Crippen molar-refractivity contribution in [1.82, 2.24) is 4.90 Å². The number of benzene rings is 1. The molecule has 2 rings (SSSR count). The van der Waals surface area contributed by atoms with Gasteiger partial charge in [0.15, 0.2) is 0 Å². The first-order valence-electron chi connectivity index (χ1n) is 5.08. The first kappa shape index (κ1) is 10.7. The molecule has 2 N–H and O–H groups in total. The van der Waals surface area contributed by atoms with Crippen LogP contribution in [0.2, 0.25) is 0 Å². The molecular formula is C12H14N2O2. The van der Waals surface area contributed by atoms with Crippen molar-refractivity contribution >= 4 is 17.5 Å². The molecule has 0 aromatic heterocycles. The minimum absolute atomic E-state index is 0.185. The second-order valence-corrected chi connectivity index (χ2v) is 4.60. The first-order valence-corrected chi connectivity index (χ1v) is 5.08. The van der Waals surface area contributed by atoms with E-state index in [0.29, 0.717) is 11.3 Å². The lowest BCUT2D eigenvalue weighted by molar-refractivity contribution is -0.133. The largest absolute Gasteiger partial charge is 0.399 e. The van der Waals surface area contributed by atoms with E-state index < -0.39 is 5.41 Å². The van der Waals surface area contributed by atoms with E-state index in [-0.39, 0.29) is 11.8 Å². The molecule has 0 aliphatic carbocycles. The third-order valence-electron chi connectivity index (χ3n) is 3.09. The van der Waals surface area contributed by atoms with Crippen molar-refractivity contribution < 1.29 is 9.59 Å². The molecule has 2 amide bonds. The number of rotatable bonds is 0. The number of amides is 2. The zero-order valence-corrected chi connectivity index (χ0v) is 9.57.